The molecule has 38 heavy (non-hydrogen) atoms. The van der Waals surface area contributed by atoms with Gasteiger partial charge in [0.25, 0.3) is 11.5 Å². The summed E-state index contributed by atoms with van der Waals surface area (Å²) in [7, 11) is 1.51. The molecule has 4 rings (SSSR count). The van der Waals surface area contributed by atoms with Crippen molar-refractivity contribution in [2.45, 2.75) is 26.7 Å². The third-order valence-corrected chi connectivity index (χ3v) is 6.90. The van der Waals surface area contributed by atoms with Crippen LogP contribution in [0, 0.1) is 6.92 Å². The number of nitrogens with zero attached hydrogens (tertiary/aromatic N) is 3. The van der Waals surface area contributed by atoms with Gasteiger partial charge in [-0.05, 0) is 64.8 Å². The van der Waals surface area contributed by atoms with Gasteiger partial charge in [0, 0.05) is 26.1 Å². The molecule has 0 aliphatic heterocycles. The Balaban J connectivity index is 1.60. The van der Waals surface area contributed by atoms with Crippen molar-refractivity contribution in [3.8, 4) is 11.5 Å². The van der Waals surface area contributed by atoms with Crippen molar-refractivity contribution in [2.24, 2.45) is 5.10 Å². The molecule has 0 atom stereocenters. The van der Waals surface area contributed by atoms with Crippen LogP contribution in [0.2, 0.25) is 0 Å². The summed E-state index contributed by atoms with van der Waals surface area (Å²) < 4.78 is 14.0. The second kappa shape index (κ2) is 11.9. The maximum absolute atomic E-state index is 13.3. The molecule has 0 aliphatic carbocycles. The van der Waals surface area contributed by atoms with Crippen LogP contribution >= 0.6 is 31.9 Å². The van der Waals surface area contributed by atoms with Gasteiger partial charge in [0.1, 0.15) is 5.82 Å². The molecule has 3 aromatic carbocycles. The Kier molecular flexibility index (Phi) is 8.63. The molecule has 0 fully saturated rings. The SMILES string of the molecule is COc1cc(C=Nn2c(C(C)C)nc3ccc(Br)cc3c2=O)c(Br)cc1OCC(=O)Nc1ccccc1C. The maximum atomic E-state index is 13.3. The van der Waals surface area contributed by atoms with E-state index < -0.39 is 0 Å². The quantitative estimate of drug-likeness (QED) is 0.229. The summed E-state index contributed by atoms with van der Waals surface area (Å²) in [4.78, 5) is 30.4. The van der Waals surface area contributed by atoms with Crippen molar-refractivity contribution >= 4 is 60.6 Å². The highest BCUT2D eigenvalue weighted by Gasteiger charge is 2.15. The number of aryl methyl sites for hydroxylation is 1. The Bertz CT molecular complexity index is 1600. The molecule has 0 spiro atoms. The number of aromatic nitrogens is 2. The number of rotatable bonds is 8. The van der Waals surface area contributed by atoms with Crippen LogP contribution in [0.5, 0.6) is 11.5 Å². The summed E-state index contributed by atoms with van der Waals surface area (Å²) in [6.07, 6.45) is 1.56. The molecule has 4 aromatic rings. The van der Waals surface area contributed by atoms with Gasteiger partial charge in [0.05, 0.1) is 24.2 Å². The van der Waals surface area contributed by atoms with E-state index in [0.29, 0.717) is 38.3 Å². The number of hydrogen-bond acceptors (Lipinski definition) is 6. The van der Waals surface area contributed by atoms with E-state index in [-0.39, 0.29) is 24.0 Å². The standard InChI is InChI=1S/C28H26Br2N4O4/c1-16(2)27-33-23-10-9-19(29)12-20(23)28(36)34(27)31-14-18-11-24(37-4)25(13-21(18)30)38-15-26(35)32-22-8-6-5-7-17(22)3/h5-14,16H,15H2,1-4H3,(H,32,35). The molecule has 0 saturated carbocycles. The highest BCUT2D eigenvalue weighted by Crippen LogP contribution is 2.33. The van der Waals surface area contributed by atoms with Gasteiger partial charge < -0.3 is 14.8 Å². The van der Waals surface area contributed by atoms with Crippen LogP contribution in [0.1, 0.15) is 36.7 Å². The Labute approximate surface area is 236 Å². The van der Waals surface area contributed by atoms with Crippen molar-refractivity contribution in [1.82, 2.24) is 9.66 Å². The minimum absolute atomic E-state index is 0.0348. The number of fused-ring (bicyclic) bond motifs is 1. The Morgan fingerprint density at radius 2 is 1.89 bits per heavy atom. The number of para-hydroxylation sites is 1. The second-order valence-corrected chi connectivity index (χ2v) is 10.6. The molecule has 8 nitrogen and oxygen atoms in total. The van der Waals surface area contributed by atoms with Crippen LogP contribution in [0.3, 0.4) is 0 Å². The first-order valence-electron chi connectivity index (χ1n) is 11.8. The van der Waals surface area contributed by atoms with E-state index in [1.807, 2.05) is 57.2 Å². The van der Waals surface area contributed by atoms with Gasteiger partial charge >= 0.3 is 0 Å². The van der Waals surface area contributed by atoms with Crippen molar-refractivity contribution < 1.29 is 14.3 Å². The second-order valence-electron chi connectivity index (χ2n) is 8.82. The zero-order valence-corrected chi connectivity index (χ0v) is 24.5. The third-order valence-electron chi connectivity index (χ3n) is 5.72. The zero-order chi connectivity index (χ0) is 27.4. The molecule has 0 aliphatic rings. The van der Waals surface area contributed by atoms with Gasteiger partial charge in [0.15, 0.2) is 18.1 Å². The molecule has 1 heterocycles. The minimum atomic E-state index is -0.292. The van der Waals surface area contributed by atoms with Crippen LogP contribution in [0.15, 0.2) is 73.4 Å². The average molecular weight is 642 g/mol. The lowest BCUT2D eigenvalue weighted by Crippen LogP contribution is -2.23. The van der Waals surface area contributed by atoms with Crippen LogP contribution in [-0.2, 0) is 4.79 Å². The van der Waals surface area contributed by atoms with Crippen molar-refractivity contribution in [2.75, 3.05) is 19.0 Å². The number of carbonyl (C=O) groups excluding carboxylic acids is 1. The number of ether oxygens (including phenoxy) is 2. The number of halogens is 2. The highest BCUT2D eigenvalue weighted by atomic mass is 79.9. The largest absolute Gasteiger partial charge is 0.493 e. The van der Waals surface area contributed by atoms with E-state index in [1.165, 1.54) is 11.8 Å². The first-order chi connectivity index (χ1) is 18.2. The molecule has 0 unspecified atom stereocenters. The van der Waals surface area contributed by atoms with Crippen LogP contribution in [0.4, 0.5) is 5.69 Å². The van der Waals surface area contributed by atoms with Crippen LogP contribution < -0.4 is 20.3 Å². The minimum Gasteiger partial charge on any atom is -0.493 e. The Morgan fingerprint density at radius 1 is 1.13 bits per heavy atom. The fourth-order valence-corrected chi connectivity index (χ4v) is 4.52. The predicted octanol–water partition coefficient (Wildman–Crippen LogP) is 6.26. The van der Waals surface area contributed by atoms with Gasteiger partial charge in [0.2, 0.25) is 0 Å². The van der Waals surface area contributed by atoms with Crippen LogP contribution in [-0.4, -0.2) is 35.5 Å². The van der Waals surface area contributed by atoms with Gasteiger partial charge in [-0.25, -0.2) is 4.98 Å². The van der Waals surface area contributed by atoms with Gasteiger partial charge in [-0.2, -0.15) is 9.78 Å². The summed E-state index contributed by atoms with van der Waals surface area (Å²) >= 11 is 6.95. The molecule has 0 bridgehead atoms. The van der Waals surface area contributed by atoms with E-state index in [1.54, 1.807) is 24.4 Å². The van der Waals surface area contributed by atoms with E-state index in [9.17, 15) is 9.59 Å². The topological polar surface area (TPSA) is 94.8 Å². The summed E-state index contributed by atoms with van der Waals surface area (Å²) in [6.45, 7) is 5.63. The van der Waals surface area contributed by atoms with Gasteiger partial charge in [-0.1, -0.05) is 48.0 Å². The number of benzene rings is 3. The molecular formula is C28H26Br2N4O4. The average Bonchev–Trinajstić information content (AvgIpc) is 2.89. The maximum Gasteiger partial charge on any atom is 0.282 e. The number of nitrogens with one attached hydrogen (secondary N) is 1. The molecule has 1 N–H and O–H groups in total. The molecule has 1 amide bonds. The monoisotopic (exact) mass is 640 g/mol. The molecule has 10 heteroatoms. The molecule has 196 valence electrons. The first-order valence-corrected chi connectivity index (χ1v) is 13.4. The smallest absolute Gasteiger partial charge is 0.282 e. The van der Waals surface area contributed by atoms with E-state index in [2.05, 4.69) is 47.3 Å². The van der Waals surface area contributed by atoms with E-state index >= 15 is 0 Å². The lowest BCUT2D eigenvalue weighted by molar-refractivity contribution is -0.118. The number of hydrogen-bond donors (Lipinski definition) is 1. The van der Waals surface area contributed by atoms with Gasteiger partial charge in [-0.15, -0.1) is 0 Å². The predicted molar refractivity (Wildman–Crippen MR) is 157 cm³/mol. The number of anilines is 1. The van der Waals surface area contributed by atoms with Crippen molar-refractivity contribution in [3.05, 3.63) is 90.8 Å². The molecule has 1 aromatic heterocycles. The molecular weight excluding hydrogens is 616 g/mol. The fraction of sp³-hybridized carbons (Fsp3) is 0.214. The highest BCUT2D eigenvalue weighted by molar-refractivity contribution is 9.10. The Hall–Kier alpha value is -3.50. The van der Waals surface area contributed by atoms with Gasteiger partial charge in [-0.3, -0.25) is 9.59 Å². The van der Waals surface area contributed by atoms with Crippen molar-refractivity contribution in [1.29, 1.82) is 0 Å². The fourth-order valence-electron chi connectivity index (χ4n) is 3.74. The Morgan fingerprint density at radius 3 is 2.61 bits per heavy atom. The summed E-state index contributed by atoms with van der Waals surface area (Å²) in [6, 6.07) is 16.3. The summed E-state index contributed by atoms with van der Waals surface area (Å²) in [5.41, 5.74) is 2.68. The number of methoxy groups -OCH3 is 1. The van der Waals surface area contributed by atoms with E-state index in [4.69, 9.17) is 9.47 Å². The lowest BCUT2D eigenvalue weighted by atomic mass is 10.2. The normalized spacial score (nSPS) is 11.3. The lowest BCUT2D eigenvalue weighted by Gasteiger charge is -2.14. The molecule has 0 saturated heterocycles. The third kappa shape index (κ3) is 6.14. The summed E-state index contributed by atoms with van der Waals surface area (Å²) in [5, 5.41) is 7.79. The number of amides is 1. The van der Waals surface area contributed by atoms with Crippen molar-refractivity contribution in [3.63, 3.8) is 0 Å². The summed E-state index contributed by atoms with van der Waals surface area (Å²) in [5.74, 6) is 1.01. The first kappa shape index (κ1) is 27.5. The van der Waals surface area contributed by atoms with Crippen LogP contribution in [0.25, 0.3) is 10.9 Å². The number of carbonyl (C=O) groups is 1. The zero-order valence-electron chi connectivity index (χ0n) is 21.3. The van der Waals surface area contributed by atoms with E-state index in [0.717, 1.165) is 15.7 Å². The molecule has 0 radical (unpaired) electrons.